The summed E-state index contributed by atoms with van der Waals surface area (Å²) >= 11 is 3.54. The Morgan fingerprint density at radius 3 is 2.72 bits per heavy atom. The summed E-state index contributed by atoms with van der Waals surface area (Å²) < 4.78 is 1.000. The number of nitrogens with zero attached hydrogens (tertiary/aromatic N) is 2. The number of pyridine rings is 1. The molecule has 18 heavy (non-hydrogen) atoms. The fourth-order valence-electron chi connectivity index (χ4n) is 1.82. The summed E-state index contributed by atoms with van der Waals surface area (Å²) in [5.74, 6) is 0.920. The molecule has 0 bridgehead atoms. The van der Waals surface area contributed by atoms with Crippen LogP contribution in [0.25, 0.3) is 0 Å². The van der Waals surface area contributed by atoms with E-state index in [1.54, 1.807) is 0 Å². The quantitative estimate of drug-likeness (QED) is 0.884. The number of halogens is 1. The predicted molar refractivity (Wildman–Crippen MR) is 79.6 cm³/mol. The lowest BCUT2D eigenvalue weighted by molar-refractivity contribution is 0.894. The topological polar surface area (TPSA) is 42.2 Å². The van der Waals surface area contributed by atoms with Crippen molar-refractivity contribution in [1.82, 2.24) is 4.98 Å². The van der Waals surface area contributed by atoms with Crippen LogP contribution in [-0.4, -0.2) is 12.0 Å². The maximum atomic E-state index is 5.95. The van der Waals surface area contributed by atoms with Gasteiger partial charge in [0.15, 0.2) is 0 Å². The first kappa shape index (κ1) is 12.9. The van der Waals surface area contributed by atoms with Crippen molar-refractivity contribution in [2.24, 2.45) is 0 Å². The molecule has 2 N–H and O–H groups in total. The lowest BCUT2D eigenvalue weighted by Crippen LogP contribution is -2.19. The molecule has 3 nitrogen and oxygen atoms in total. The van der Waals surface area contributed by atoms with E-state index in [-0.39, 0.29) is 0 Å². The molecule has 0 amide bonds. The third kappa shape index (κ3) is 2.82. The summed E-state index contributed by atoms with van der Waals surface area (Å²) in [6.07, 6.45) is 1.87. The number of hydrogen-bond donors (Lipinski definition) is 1. The lowest BCUT2D eigenvalue weighted by atomic mass is 10.1. The molecule has 0 aliphatic carbocycles. The Morgan fingerprint density at radius 1 is 1.33 bits per heavy atom. The number of rotatable bonds is 3. The molecule has 0 saturated carbocycles. The third-order valence-corrected chi connectivity index (χ3v) is 3.37. The molecule has 0 unspecified atom stereocenters. The van der Waals surface area contributed by atoms with Gasteiger partial charge in [-0.1, -0.05) is 18.2 Å². The van der Waals surface area contributed by atoms with Gasteiger partial charge < -0.3 is 10.6 Å². The number of nitrogens with two attached hydrogens (primary N) is 1. The molecule has 1 heterocycles. The molecule has 0 radical (unpaired) electrons. The third-order valence-electron chi connectivity index (χ3n) is 2.78. The van der Waals surface area contributed by atoms with Gasteiger partial charge in [0.05, 0.1) is 4.47 Å². The summed E-state index contributed by atoms with van der Waals surface area (Å²) in [6, 6.07) is 9.96. The molecule has 0 fully saturated rings. The Morgan fingerprint density at radius 2 is 2.06 bits per heavy atom. The van der Waals surface area contributed by atoms with Crippen LogP contribution in [0.2, 0.25) is 0 Å². The fraction of sp³-hybridized carbons (Fsp3) is 0.214. The standard InChI is InChI=1S/C14H16BrN3/c1-10-7-12(15)14(17-8-10)18(2)9-11-5-3-4-6-13(11)16/h3-8H,9,16H2,1-2H3. The van der Waals surface area contributed by atoms with Crippen LogP contribution in [0.4, 0.5) is 11.5 Å². The highest BCUT2D eigenvalue weighted by atomic mass is 79.9. The van der Waals surface area contributed by atoms with E-state index < -0.39 is 0 Å². The Hall–Kier alpha value is -1.55. The van der Waals surface area contributed by atoms with Crippen molar-refractivity contribution in [3.05, 3.63) is 52.1 Å². The average molecular weight is 306 g/mol. The maximum absolute atomic E-state index is 5.95. The van der Waals surface area contributed by atoms with Gasteiger partial charge in [-0.15, -0.1) is 0 Å². The summed E-state index contributed by atoms with van der Waals surface area (Å²) in [7, 11) is 2.01. The second-order valence-corrected chi connectivity index (χ2v) is 5.23. The van der Waals surface area contributed by atoms with Crippen LogP contribution in [-0.2, 0) is 6.54 Å². The number of benzene rings is 1. The minimum atomic E-state index is 0.737. The highest BCUT2D eigenvalue weighted by Crippen LogP contribution is 2.25. The number of anilines is 2. The van der Waals surface area contributed by atoms with Crippen LogP contribution in [0, 0.1) is 6.92 Å². The Balaban J connectivity index is 2.22. The minimum Gasteiger partial charge on any atom is -0.398 e. The van der Waals surface area contributed by atoms with Gasteiger partial charge in [0.2, 0.25) is 0 Å². The molecule has 2 rings (SSSR count). The number of para-hydroxylation sites is 1. The zero-order chi connectivity index (χ0) is 13.1. The predicted octanol–water partition coefficient (Wildman–Crippen LogP) is 3.37. The summed E-state index contributed by atoms with van der Waals surface area (Å²) in [5, 5.41) is 0. The van der Waals surface area contributed by atoms with E-state index in [4.69, 9.17) is 5.73 Å². The Bertz CT molecular complexity index is 554. The summed E-state index contributed by atoms with van der Waals surface area (Å²) in [5.41, 5.74) is 9.01. The molecule has 0 spiro atoms. The first-order valence-electron chi connectivity index (χ1n) is 5.74. The minimum absolute atomic E-state index is 0.737. The fourth-order valence-corrected chi connectivity index (χ4v) is 2.58. The van der Waals surface area contributed by atoms with E-state index in [1.807, 2.05) is 44.4 Å². The molecule has 0 aliphatic rings. The molecular weight excluding hydrogens is 290 g/mol. The second kappa shape index (κ2) is 5.40. The molecular formula is C14H16BrN3. The van der Waals surface area contributed by atoms with E-state index in [2.05, 4.69) is 31.9 Å². The Kier molecular flexibility index (Phi) is 3.87. The maximum Gasteiger partial charge on any atom is 0.142 e. The molecule has 0 atom stereocenters. The first-order chi connectivity index (χ1) is 8.58. The zero-order valence-electron chi connectivity index (χ0n) is 10.5. The van der Waals surface area contributed by atoms with Gasteiger partial charge in [-0.3, -0.25) is 0 Å². The van der Waals surface area contributed by atoms with Gasteiger partial charge in [-0.2, -0.15) is 0 Å². The molecule has 0 saturated heterocycles. The molecule has 1 aromatic carbocycles. The van der Waals surface area contributed by atoms with Crippen molar-refractivity contribution >= 4 is 27.4 Å². The van der Waals surface area contributed by atoms with E-state index in [0.717, 1.165) is 33.6 Å². The van der Waals surface area contributed by atoms with Crippen LogP contribution in [0.5, 0.6) is 0 Å². The van der Waals surface area contributed by atoms with Gasteiger partial charge in [0, 0.05) is 25.5 Å². The normalized spacial score (nSPS) is 10.4. The van der Waals surface area contributed by atoms with Crippen molar-refractivity contribution in [1.29, 1.82) is 0 Å². The molecule has 2 aromatic rings. The summed E-state index contributed by atoms with van der Waals surface area (Å²) in [4.78, 5) is 6.52. The number of aryl methyl sites for hydroxylation is 1. The van der Waals surface area contributed by atoms with Gasteiger partial charge in [-0.05, 0) is 46.1 Å². The van der Waals surface area contributed by atoms with Crippen molar-refractivity contribution in [3.8, 4) is 0 Å². The number of aromatic nitrogens is 1. The van der Waals surface area contributed by atoms with Gasteiger partial charge in [0.25, 0.3) is 0 Å². The number of hydrogen-bond acceptors (Lipinski definition) is 3. The van der Waals surface area contributed by atoms with Crippen molar-refractivity contribution in [2.45, 2.75) is 13.5 Å². The highest BCUT2D eigenvalue weighted by Gasteiger charge is 2.09. The van der Waals surface area contributed by atoms with Crippen molar-refractivity contribution in [2.75, 3.05) is 17.7 Å². The molecule has 4 heteroatoms. The molecule has 94 valence electrons. The molecule has 1 aromatic heterocycles. The van der Waals surface area contributed by atoms with Gasteiger partial charge in [0.1, 0.15) is 5.82 Å². The smallest absolute Gasteiger partial charge is 0.142 e. The van der Waals surface area contributed by atoms with E-state index in [0.29, 0.717) is 0 Å². The van der Waals surface area contributed by atoms with E-state index >= 15 is 0 Å². The largest absolute Gasteiger partial charge is 0.398 e. The number of nitrogen functional groups attached to an aromatic ring is 1. The van der Waals surface area contributed by atoms with E-state index in [1.165, 1.54) is 0 Å². The van der Waals surface area contributed by atoms with Gasteiger partial charge in [-0.25, -0.2) is 4.98 Å². The van der Waals surface area contributed by atoms with Crippen molar-refractivity contribution in [3.63, 3.8) is 0 Å². The van der Waals surface area contributed by atoms with Crippen LogP contribution >= 0.6 is 15.9 Å². The van der Waals surface area contributed by atoms with E-state index in [9.17, 15) is 0 Å². The van der Waals surface area contributed by atoms with Crippen LogP contribution in [0.15, 0.2) is 41.0 Å². The molecule has 0 aliphatic heterocycles. The SMILES string of the molecule is Cc1cnc(N(C)Cc2ccccc2N)c(Br)c1. The second-order valence-electron chi connectivity index (χ2n) is 4.37. The van der Waals surface area contributed by atoms with Crippen molar-refractivity contribution < 1.29 is 0 Å². The van der Waals surface area contributed by atoms with Crippen LogP contribution in [0.1, 0.15) is 11.1 Å². The highest BCUT2D eigenvalue weighted by molar-refractivity contribution is 9.10. The zero-order valence-corrected chi connectivity index (χ0v) is 12.1. The average Bonchev–Trinajstić information content (AvgIpc) is 2.32. The lowest BCUT2D eigenvalue weighted by Gasteiger charge is -2.20. The Labute approximate surface area is 116 Å². The first-order valence-corrected chi connectivity index (χ1v) is 6.54. The van der Waals surface area contributed by atoms with Gasteiger partial charge >= 0.3 is 0 Å². The summed E-state index contributed by atoms with van der Waals surface area (Å²) in [6.45, 7) is 2.76. The van der Waals surface area contributed by atoms with Crippen LogP contribution < -0.4 is 10.6 Å². The van der Waals surface area contributed by atoms with Crippen LogP contribution in [0.3, 0.4) is 0 Å². The monoisotopic (exact) mass is 305 g/mol.